The summed E-state index contributed by atoms with van der Waals surface area (Å²) in [5.74, 6) is -2.92. The van der Waals surface area contributed by atoms with Gasteiger partial charge in [0, 0.05) is 17.8 Å². The van der Waals surface area contributed by atoms with E-state index in [2.05, 4.69) is 5.32 Å². The first-order valence-corrected chi connectivity index (χ1v) is 6.94. The van der Waals surface area contributed by atoms with Crippen molar-refractivity contribution in [3.63, 3.8) is 0 Å². The highest BCUT2D eigenvalue weighted by atomic mass is 16.6. The van der Waals surface area contributed by atoms with Gasteiger partial charge in [0.2, 0.25) is 5.91 Å². The van der Waals surface area contributed by atoms with Gasteiger partial charge >= 0.3 is 5.97 Å². The number of hydrogen-bond acceptors (Lipinski definition) is 4. The van der Waals surface area contributed by atoms with Crippen molar-refractivity contribution < 1.29 is 19.6 Å². The molecule has 7 nitrogen and oxygen atoms in total. The number of benzene rings is 1. The molecule has 2 aliphatic carbocycles. The lowest BCUT2D eigenvalue weighted by Gasteiger charge is -2.23. The zero-order valence-electron chi connectivity index (χ0n) is 11.5. The fourth-order valence-electron chi connectivity index (χ4n) is 3.44. The highest BCUT2D eigenvalue weighted by Gasteiger charge is 2.51. The molecule has 1 fully saturated rings. The summed E-state index contributed by atoms with van der Waals surface area (Å²) in [6.45, 7) is 0. The van der Waals surface area contributed by atoms with Gasteiger partial charge in [-0.05, 0) is 24.3 Å². The number of carbonyl (C=O) groups excluding carboxylic acids is 1. The monoisotopic (exact) mass is 302 g/mol. The van der Waals surface area contributed by atoms with Crippen molar-refractivity contribution in [2.24, 2.45) is 23.7 Å². The van der Waals surface area contributed by atoms with E-state index in [1.165, 1.54) is 18.2 Å². The molecule has 1 saturated carbocycles. The average Bonchev–Trinajstić information content (AvgIpc) is 3.07. The summed E-state index contributed by atoms with van der Waals surface area (Å²) in [6, 6.07) is 5.61. The van der Waals surface area contributed by atoms with Crippen molar-refractivity contribution >= 4 is 23.3 Å². The van der Waals surface area contributed by atoms with Gasteiger partial charge in [-0.25, -0.2) is 0 Å². The Labute approximate surface area is 125 Å². The maximum Gasteiger partial charge on any atom is 0.307 e. The minimum absolute atomic E-state index is 0.0789. The topological polar surface area (TPSA) is 110 Å². The van der Waals surface area contributed by atoms with Gasteiger partial charge in [-0.2, -0.15) is 0 Å². The normalized spacial score (nSPS) is 28.5. The van der Waals surface area contributed by atoms with Gasteiger partial charge in [-0.3, -0.25) is 19.7 Å². The van der Waals surface area contributed by atoms with Crippen LogP contribution in [0.15, 0.2) is 36.4 Å². The highest BCUT2D eigenvalue weighted by Crippen LogP contribution is 2.48. The first kappa shape index (κ1) is 14.2. The van der Waals surface area contributed by atoms with Crippen LogP contribution >= 0.6 is 0 Å². The number of amides is 1. The van der Waals surface area contributed by atoms with E-state index < -0.39 is 28.6 Å². The summed E-state index contributed by atoms with van der Waals surface area (Å²) in [4.78, 5) is 34.0. The maximum absolute atomic E-state index is 12.4. The molecule has 0 radical (unpaired) electrons. The number of hydrogen-bond donors (Lipinski definition) is 2. The standard InChI is InChI=1S/C15H14N2O5/c18-14(16-10-2-1-3-11(7-10)17(21)22)12-8-4-5-9(6-8)13(12)15(19)20/h1-5,7-9,12-13H,6H2,(H,16,18)(H,19,20)/t8-,9+,12-,13-/m0/s1. The van der Waals surface area contributed by atoms with Crippen LogP contribution in [0.3, 0.4) is 0 Å². The summed E-state index contributed by atoms with van der Waals surface area (Å²) < 4.78 is 0. The van der Waals surface area contributed by atoms with E-state index in [9.17, 15) is 24.8 Å². The van der Waals surface area contributed by atoms with Crippen LogP contribution in [0.1, 0.15) is 6.42 Å². The van der Waals surface area contributed by atoms with Crippen LogP contribution in [0, 0.1) is 33.8 Å². The molecule has 0 saturated heterocycles. The Kier molecular flexibility index (Phi) is 3.40. The zero-order chi connectivity index (χ0) is 15.9. The number of allylic oxidation sites excluding steroid dienone is 2. The Morgan fingerprint density at radius 3 is 2.55 bits per heavy atom. The van der Waals surface area contributed by atoms with Crippen molar-refractivity contribution in [3.8, 4) is 0 Å². The van der Waals surface area contributed by atoms with Crippen LogP contribution in [0.4, 0.5) is 11.4 Å². The Morgan fingerprint density at radius 1 is 1.23 bits per heavy atom. The molecule has 1 amide bonds. The molecule has 0 unspecified atom stereocenters. The van der Waals surface area contributed by atoms with E-state index in [4.69, 9.17) is 0 Å². The number of fused-ring (bicyclic) bond motifs is 2. The Balaban J connectivity index is 1.80. The average molecular weight is 302 g/mol. The minimum atomic E-state index is -0.976. The van der Waals surface area contributed by atoms with Crippen LogP contribution < -0.4 is 5.32 Å². The fraction of sp³-hybridized carbons (Fsp3) is 0.333. The van der Waals surface area contributed by atoms with Crippen molar-refractivity contribution in [3.05, 3.63) is 46.5 Å². The molecule has 4 atom stereocenters. The number of rotatable bonds is 4. The van der Waals surface area contributed by atoms with E-state index >= 15 is 0 Å². The molecular formula is C15H14N2O5. The first-order chi connectivity index (χ1) is 10.5. The van der Waals surface area contributed by atoms with E-state index in [0.717, 1.165) is 0 Å². The second-order valence-electron chi connectivity index (χ2n) is 5.63. The lowest BCUT2D eigenvalue weighted by atomic mass is 9.82. The van der Waals surface area contributed by atoms with E-state index in [1.807, 2.05) is 12.2 Å². The lowest BCUT2D eigenvalue weighted by Crippen LogP contribution is -2.36. The molecule has 7 heteroatoms. The second kappa shape index (κ2) is 5.25. The van der Waals surface area contributed by atoms with E-state index in [1.54, 1.807) is 6.07 Å². The van der Waals surface area contributed by atoms with Gasteiger partial charge < -0.3 is 10.4 Å². The van der Waals surface area contributed by atoms with Crippen molar-refractivity contribution in [1.82, 2.24) is 0 Å². The second-order valence-corrected chi connectivity index (χ2v) is 5.63. The predicted octanol–water partition coefficient (Wildman–Crippen LogP) is 2.06. The number of carboxylic acids is 1. The number of nitro groups is 1. The quantitative estimate of drug-likeness (QED) is 0.502. The van der Waals surface area contributed by atoms with Crippen LogP contribution in [0.5, 0.6) is 0 Å². The molecule has 2 bridgehead atoms. The van der Waals surface area contributed by atoms with Crippen molar-refractivity contribution in [2.45, 2.75) is 6.42 Å². The first-order valence-electron chi connectivity index (χ1n) is 6.94. The van der Waals surface area contributed by atoms with Gasteiger partial charge in [0.05, 0.1) is 16.8 Å². The SMILES string of the molecule is O=C(O)[C@@H]1[C@@H](C(=O)Nc2cccc([N+](=O)[O-])c2)[C@H]2C=C[C@@H]1C2. The molecule has 1 aromatic rings. The third kappa shape index (κ3) is 2.34. The highest BCUT2D eigenvalue weighted by molar-refractivity contribution is 5.96. The molecular weight excluding hydrogens is 288 g/mol. The number of anilines is 1. The molecule has 0 heterocycles. The van der Waals surface area contributed by atoms with Gasteiger partial charge in [0.1, 0.15) is 0 Å². The number of nitro benzene ring substituents is 1. The predicted molar refractivity (Wildman–Crippen MR) is 77.1 cm³/mol. The summed E-state index contributed by atoms with van der Waals surface area (Å²) in [6.07, 6.45) is 4.42. The van der Waals surface area contributed by atoms with E-state index in [-0.39, 0.29) is 17.5 Å². The van der Waals surface area contributed by atoms with E-state index in [0.29, 0.717) is 12.1 Å². The Bertz CT molecular complexity index is 684. The third-order valence-electron chi connectivity index (χ3n) is 4.37. The number of aliphatic carboxylic acids is 1. The van der Waals surface area contributed by atoms with Crippen LogP contribution in [0.25, 0.3) is 0 Å². The number of carbonyl (C=O) groups is 2. The molecule has 2 aliphatic rings. The van der Waals surface area contributed by atoms with Gasteiger partial charge in [-0.15, -0.1) is 0 Å². The van der Waals surface area contributed by atoms with Crippen LogP contribution in [0.2, 0.25) is 0 Å². The maximum atomic E-state index is 12.4. The summed E-state index contributed by atoms with van der Waals surface area (Å²) in [5, 5.41) is 22.7. The lowest BCUT2D eigenvalue weighted by molar-refractivity contribution is -0.384. The van der Waals surface area contributed by atoms with Gasteiger partial charge in [0.25, 0.3) is 5.69 Å². The van der Waals surface area contributed by atoms with Crippen LogP contribution in [-0.4, -0.2) is 21.9 Å². The number of nitrogens with one attached hydrogen (secondary N) is 1. The number of non-ortho nitro benzene ring substituents is 1. The summed E-state index contributed by atoms with van der Waals surface area (Å²) in [5.41, 5.74) is 0.176. The third-order valence-corrected chi connectivity index (χ3v) is 4.37. The smallest absolute Gasteiger partial charge is 0.307 e. The Hall–Kier alpha value is -2.70. The molecule has 1 aromatic carbocycles. The van der Waals surface area contributed by atoms with Crippen LogP contribution in [-0.2, 0) is 9.59 Å². The molecule has 3 rings (SSSR count). The summed E-state index contributed by atoms with van der Waals surface area (Å²) in [7, 11) is 0. The molecule has 0 aliphatic heterocycles. The Morgan fingerprint density at radius 2 is 1.91 bits per heavy atom. The molecule has 0 aromatic heterocycles. The zero-order valence-corrected chi connectivity index (χ0v) is 11.5. The van der Waals surface area contributed by atoms with Gasteiger partial charge in [0.15, 0.2) is 0 Å². The van der Waals surface area contributed by atoms with Crippen molar-refractivity contribution in [2.75, 3.05) is 5.32 Å². The molecule has 0 spiro atoms. The molecule has 22 heavy (non-hydrogen) atoms. The van der Waals surface area contributed by atoms with Gasteiger partial charge in [-0.1, -0.05) is 18.2 Å². The number of nitrogens with zero attached hydrogens (tertiary/aromatic N) is 1. The molecule has 114 valence electrons. The molecule has 2 N–H and O–H groups in total. The summed E-state index contributed by atoms with van der Waals surface area (Å²) >= 11 is 0. The minimum Gasteiger partial charge on any atom is -0.481 e. The number of carboxylic acid groups (broad SMARTS) is 1. The fourth-order valence-corrected chi connectivity index (χ4v) is 3.44. The largest absolute Gasteiger partial charge is 0.481 e. The van der Waals surface area contributed by atoms with Crippen molar-refractivity contribution in [1.29, 1.82) is 0 Å².